The number of aromatic nitrogens is 2. The smallest absolute Gasteiger partial charge is 0.0465 e. The molecule has 5 heteroatoms. The molecule has 2 nitrogen and oxygen atoms in total. The van der Waals surface area contributed by atoms with E-state index in [9.17, 15) is 0 Å². The number of hydrogen-bond acceptors (Lipinski definition) is 3. The SMILES string of the molecule is c1ccc2c3ccc(s3)c3ccccc3c3ccc([nH]3)c3ccccc3c3ccc(s3)c3ccccc3c3ccc(s3)c3ccccc3c3ccc([nH]3)c2c1. The highest BCUT2D eigenvalue weighted by Gasteiger charge is 2.07. The van der Waals surface area contributed by atoms with E-state index >= 15 is 0 Å². The molecule has 0 aliphatic heterocycles. The number of nitrogens with one attached hydrogen (secondary N) is 2. The van der Waals surface area contributed by atoms with Gasteiger partial charge in [-0.3, -0.25) is 0 Å². The van der Waals surface area contributed by atoms with Gasteiger partial charge in [-0.05, 0) is 60.7 Å². The molecule has 6 aromatic heterocycles. The second-order valence-corrected chi connectivity index (χ2v) is 17.0. The van der Waals surface area contributed by atoms with Gasteiger partial charge >= 0.3 is 0 Å². The fraction of sp³-hybridized carbons (Fsp3) is 0. The summed E-state index contributed by atoms with van der Waals surface area (Å²) in [5.41, 5.74) is 4.44. The lowest BCUT2D eigenvalue weighted by atomic mass is 10.1. The molecule has 5 aromatic carbocycles. The maximum absolute atomic E-state index is 3.83. The quantitative estimate of drug-likeness (QED) is 0.154. The van der Waals surface area contributed by atoms with Crippen molar-refractivity contribution >= 4 is 138 Å². The lowest BCUT2D eigenvalue weighted by Crippen LogP contribution is -1.73. The molecule has 10 bridgehead atoms. The Morgan fingerprint density at radius 3 is 0.600 bits per heavy atom. The third kappa shape index (κ3) is 5.59. The van der Waals surface area contributed by atoms with Crippen LogP contribution < -0.4 is 0 Å². The number of benzene rings is 5. The Bertz CT molecular complexity index is 2800. The zero-order valence-corrected chi connectivity index (χ0v) is 32.0. The average Bonchev–Trinajstić information content (AvgIpc) is 4.10. The van der Waals surface area contributed by atoms with Gasteiger partial charge < -0.3 is 9.97 Å². The van der Waals surface area contributed by atoms with E-state index < -0.39 is 0 Å². The lowest BCUT2D eigenvalue weighted by molar-refractivity contribution is 1.58. The van der Waals surface area contributed by atoms with Crippen LogP contribution in [0.5, 0.6) is 0 Å². The summed E-state index contributed by atoms with van der Waals surface area (Å²) >= 11 is 5.55. The number of rotatable bonds is 0. The van der Waals surface area contributed by atoms with E-state index in [-0.39, 0.29) is 0 Å². The molecule has 6 heterocycles. The summed E-state index contributed by atoms with van der Waals surface area (Å²) in [5.74, 6) is 0. The first-order valence-corrected chi connectivity index (χ1v) is 20.9. The van der Waals surface area contributed by atoms with Crippen LogP contribution in [0.25, 0.3) is 104 Å². The Labute approximate surface area is 328 Å². The fourth-order valence-electron chi connectivity index (χ4n) is 7.95. The van der Waals surface area contributed by atoms with Crippen LogP contribution in [-0.2, 0) is 0 Å². The molecule has 0 saturated carbocycles. The maximum atomic E-state index is 3.83. The van der Waals surface area contributed by atoms with Crippen LogP contribution in [-0.4, -0.2) is 9.97 Å². The van der Waals surface area contributed by atoms with Crippen LogP contribution in [0, 0.1) is 0 Å². The molecular formula is C50H32N2S3. The van der Waals surface area contributed by atoms with Crippen molar-refractivity contribution in [2.24, 2.45) is 0 Å². The van der Waals surface area contributed by atoms with Crippen molar-refractivity contribution in [3.05, 3.63) is 182 Å². The van der Waals surface area contributed by atoms with Crippen molar-refractivity contribution in [3.8, 4) is 0 Å². The highest BCUT2D eigenvalue weighted by atomic mass is 32.1. The number of thiophene rings is 3. The van der Waals surface area contributed by atoms with Gasteiger partial charge in [0.25, 0.3) is 0 Å². The highest BCUT2D eigenvalue weighted by molar-refractivity contribution is 7.26. The molecule has 0 saturated heterocycles. The Kier molecular flexibility index (Phi) is 7.76. The van der Waals surface area contributed by atoms with Gasteiger partial charge in [-0.1, -0.05) is 121 Å². The topological polar surface area (TPSA) is 31.6 Å². The third-order valence-corrected chi connectivity index (χ3v) is 14.0. The summed E-state index contributed by atoms with van der Waals surface area (Å²) in [5, 5.41) is 12.2. The Morgan fingerprint density at radius 2 is 0.382 bits per heavy atom. The first-order chi connectivity index (χ1) is 27.2. The van der Waals surface area contributed by atoms with Crippen molar-refractivity contribution < 1.29 is 0 Å². The summed E-state index contributed by atoms with van der Waals surface area (Å²) in [6.07, 6.45) is 0. The van der Waals surface area contributed by atoms with Gasteiger partial charge in [0, 0.05) is 104 Å². The van der Waals surface area contributed by atoms with Crippen LogP contribution in [0.15, 0.2) is 182 Å². The van der Waals surface area contributed by atoms with Crippen LogP contribution in [0.4, 0.5) is 0 Å². The largest absolute Gasteiger partial charge is 0.355 e. The van der Waals surface area contributed by atoms with E-state index in [4.69, 9.17) is 0 Å². The number of aromatic amines is 2. The summed E-state index contributed by atoms with van der Waals surface area (Å²) in [6.45, 7) is 0. The molecule has 11 aromatic rings. The summed E-state index contributed by atoms with van der Waals surface area (Å²) < 4.78 is 7.50. The van der Waals surface area contributed by atoms with Gasteiger partial charge in [0.2, 0.25) is 0 Å². The van der Waals surface area contributed by atoms with E-state index in [2.05, 4.69) is 192 Å². The van der Waals surface area contributed by atoms with Crippen LogP contribution in [0.3, 0.4) is 0 Å². The van der Waals surface area contributed by atoms with Crippen molar-refractivity contribution in [2.45, 2.75) is 0 Å². The van der Waals surface area contributed by atoms with Crippen LogP contribution >= 0.6 is 34.0 Å². The van der Waals surface area contributed by atoms with Crippen molar-refractivity contribution in [1.29, 1.82) is 0 Å². The zero-order chi connectivity index (χ0) is 36.3. The molecule has 0 aliphatic rings. The predicted molar refractivity (Wildman–Crippen MR) is 246 cm³/mol. The first-order valence-electron chi connectivity index (χ1n) is 18.4. The molecule has 0 fully saturated rings. The third-order valence-electron chi connectivity index (χ3n) is 10.6. The predicted octanol–water partition coefficient (Wildman–Crippen LogP) is 16.0. The van der Waals surface area contributed by atoms with Gasteiger partial charge in [-0.2, -0.15) is 0 Å². The van der Waals surface area contributed by atoms with Crippen molar-refractivity contribution in [3.63, 3.8) is 0 Å². The summed E-state index contributed by atoms with van der Waals surface area (Å²) in [4.78, 5) is 7.66. The van der Waals surface area contributed by atoms with Gasteiger partial charge in [0.05, 0.1) is 0 Å². The maximum Gasteiger partial charge on any atom is 0.0465 e. The standard InChI is InChI=1S/C50H32N2S3/c1-5-15-35-31(11-1)41-21-23-43(51-41)33-13-3-7-17-37(33)47-27-29-49(54-47)39-19-9-10-20-40(39)50-30-28-48(55-50)38-18-8-4-14-34(38)44-24-22-42(52-44)32-12-2-6-16-36(32)46-26-25-45(35)53-46/h1-30,51-52H. The Hall–Kier alpha value is -6.24. The molecule has 0 spiro atoms. The summed E-state index contributed by atoms with van der Waals surface area (Å²) in [7, 11) is 0. The monoisotopic (exact) mass is 756 g/mol. The first kappa shape index (κ1) is 32.2. The van der Waals surface area contributed by atoms with Crippen LogP contribution in [0.1, 0.15) is 0 Å². The lowest BCUT2D eigenvalue weighted by Gasteiger charge is -1.97. The molecule has 0 amide bonds. The molecule has 0 radical (unpaired) electrons. The van der Waals surface area contributed by atoms with E-state index in [1.54, 1.807) is 0 Å². The molecule has 0 unspecified atom stereocenters. The minimum atomic E-state index is 1.11. The van der Waals surface area contributed by atoms with Gasteiger partial charge in [0.1, 0.15) is 0 Å². The average molecular weight is 757 g/mol. The van der Waals surface area contributed by atoms with Crippen molar-refractivity contribution in [1.82, 2.24) is 9.97 Å². The minimum absolute atomic E-state index is 1.11. The molecule has 11 rings (SSSR count). The van der Waals surface area contributed by atoms with E-state index in [0.29, 0.717) is 0 Å². The minimum Gasteiger partial charge on any atom is -0.355 e. The van der Waals surface area contributed by atoms with Crippen LogP contribution in [0.2, 0.25) is 0 Å². The molecular weight excluding hydrogens is 725 g/mol. The number of fused-ring (bicyclic) bond motifs is 25. The zero-order valence-electron chi connectivity index (χ0n) is 29.5. The number of hydrogen-bond donors (Lipinski definition) is 2. The fourth-order valence-corrected chi connectivity index (χ4v) is 11.2. The molecule has 260 valence electrons. The Morgan fingerprint density at radius 1 is 0.200 bits per heavy atom. The van der Waals surface area contributed by atoms with Gasteiger partial charge in [-0.15, -0.1) is 34.0 Å². The number of H-pyrrole nitrogens is 2. The van der Waals surface area contributed by atoms with Gasteiger partial charge in [0.15, 0.2) is 0 Å². The second-order valence-electron chi connectivity index (χ2n) is 13.8. The second kappa shape index (κ2) is 13.3. The molecule has 55 heavy (non-hydrogen) atoms. The van der Waals surface area contributed by atoms with E-state index in [1.807, 2.05) is 34.0 Å². The van der Waals surface area contributed by atoms with Crippen molar-refractivity contribution in [2.75, 3.05) is 0 Å². The Balaban J connectivity index is 1.31. The molecule has 0 atom stereocenters. The van der Waals surface area contributed by atoms with E-state index in [1.165, 1.54) is 82.1 Å². The normalized spacial score (nSPS) is 11.6. The highest BCUT2D eigenvalue weighted by Crippen LogP contribution is 2.36. The molecule has 2 N–H and O–H groups in total. The van der Waals surface area contributed by atoms with E-state index in [0.717, 1.165) is 22.1 Å². The molecule has 0 aliphatic carbocycles. The van der Waals surface area contributed by atoms with Gasteiger partial charge in [-0.25, -0.2) is 0 Å². The summed E-state index contributed by atoms with van der Waals surface area (Å²) in [6, 6.07) is 66.5.